The molecule has 6 rings (SSSR count). The van der Waals surface area contributed by atoms with Crippen LogP contribution in [0.15, 0.2) is 85.5 Å². The molecular weight excluding hydrogens is 372 g/mol. The van der Waals surface area contributed by atoms with E-state index in [-0.39, 0.29) is 0 Å². The molecule has 3 aromatic carbocycles. The highest BCUT2D eigenvalue weighted by Gasteiger charge is 2.16. The van der Waals surface area contributed by atoms with Crippen LogP contribution in [0.25, 0.3) is 55.4 Å². The lowest BCUT2D eigenvalue weighted by Crippen LogP contribution is -1.97. The molecule has 30 heavy (non-hydrogen) atoms. The van der Waals surface area contributed by atoms with Crippen LogP contribution in [0.5, 0.6) is 0 Å². The Hall–Kier alpha value is -4.32. The van der Waals surface area contributed by atoms with E-state index in [0.717, 1.165) is 49.7 Å². The Morgan fingerprint density at radius 1 is 0.600 bits per heavy atom. The quantitative estimate of drug-likeness (QED) is 0.423. The molecule has 6 nitrogen and oxygen atoms in total. The van der Waals surface area contributed by atoms with Crippen molar-refractivity contribution in [3.63, 3.8) is 0 Å². The summed E-state index contributed by atoms with van der Waals surface area (Å²) in [5.74, 6) is 0. The van der Waals surface area contributed by atoms with Crippen LogP contribution in [-0.2, 0) is 0 Å². The van der Waals surface area contributed by atoms with Crippen LogP contribution in [0.2, 0.25) is 0 Å². The van der Waals surface area contributed by atoms with E-state index in [1.807, 2.05) is 60.7 Å². The second-order valence-corrected chi connectivity index (χ2v) is 6.95. The number of rotatable bonds is 2. The highest BCUT2D eigenvalue weighted by molar-refractivity contribution is 6.07. The van der Waals surface area contributed by atoms with Crippen molar-refractivity contribution in [2.75, 3.05) is 0 Å². The summed E-state index contributed by atoms with van der Waals surface area (Å²) >= 11 is 0. The number of nitrogens with zero attached hydrogens (tertiary/aromatic N) is 6. The van der Waals surface area contributed by atoms with E-state index in [0.29, 0.717) is 5.69 Å². The van der Waals surface area contributed by atoms with E-state index in [2.05, 4.69) is 31.2 Å². The normalized spacial score (nSPS) is 11.3. The molecule has 3 aromatic heterocycles. The van der Waals surface area contributed by atoms with E-state index < -0.39 is 0 Å². The van der Waals surface area contributed by atoms with Crippen LogP contribution >= 0.6 is 0 Å². The van der Waals surface area contributed by atoms with E-state index in [1.54, 1.807) is 18.7 Å². The zero-order valence-corrected chi connectivity index (χ0v) is 15.8. The summed E-state index contributed by atoms with van der Waals surface area (Å²) < 4.78 is 0. The van der Waals surface area contributed by atoms with E-state index in [9.17, 15) is 0 Å². The monoisotopic (exact) mass is 386 g/mol. The maximum atomic E-state index is 4.80. The lowest BCUT2D eigenvalue weighted by Gasteiger charge is -2.11. The Morgan fingerprint density at radius 3 is 2.40 bits per heavy atom. The molecule has 0 amide bonds. The first kappa shape index (κ1) is 16.6. The van der Waals surface area contributed by atoms with Crippen molar-refractivity contribution in [3.8, 4) is 22.6 Å². The number of hydrogen-bond acceptors (Lipinski definition) is 6. The molecule has 0 atom stereocenters. The molecule has 0 saturated carbocycles. The summed E-state index contributed by atoms with van der Waals surface area (Å²) in [5, 5.41) is 11.6. The first-order valence-corrected chi connectivity index (χ1v) is 9.55. The van der Waals surface area contributed by atoms with Crippen LogP contribution in [0.1, 0.15) is 0 Å². The number of para-hydroxylation sites is 2. The smallest absolute Gasteiger partial charge is 0.116 e. The predicted octanol–water partition coefficient (Wildman–Crippen LogP) is 4.85. The zero-order valence-electron chi connectivity index (χ0n) is 15.8. The minimum Gasteiger partial charge on any atom is -0.252 e. The van der Waals surface area contributed by atoms with Gasteiger partial charge in [0.05, 0.1) is 28.9 Å². The summed E-state index contributed by atoms with van der Waals surface area (Å²) in [4.78, 5) is 18.4. The summed E-state index contributed by atoms with van der Waals surface area (Å²) in [7, 11) is 0. The second kappa shape index (κ2) is 6.63. The van der Waals surface area contributed by atoms with Crippen molar-refractivity contribution in [2.45, 2.75) is 0 Å². The van der Waals surface area contributed by atoms with Gasteiger partial charge >= 0.3 is 0 Å². The number of hydrogen-bond donors (Lipinski definition) is 0. The Labute approximate surface area is 171 Å². The SMILES string of the molecule is c1ccc2c(-c3cccc4ncnc(-c5cnc6ccccc6n5)c34)nncc2c1. The maximum Gasteiger partial charge on any atom is 0.116 e. The van der Waals surface area contributed by atoms with Crippen molar-refractivity contribution in [2.24, 2.45) is 0 Å². The highest BCUT2D eigenvalue weighted by Crippen LogP contribution is 2.35. The van der Waals surface area contributed by atoms with Crippen molar-refractivity contribution >= 4 is 32.7 Å². The molecule has 0 unspecified atom stereocenters. The van der Waals surface area contributed by atoms with Crippen molar-refractivity contribution < 1.29 is 0 Å². The topological polar surface area (TPSA) is 77.3 Å². The Kier molecular flexibility index (Phi) is 3.67. The molecule has 0 aliphatic heterocycles. The molecule has 0 fully saturated rings. The highest BCUT2D eigenvalue weighted by atomic mass is 15.1. The molecule has 6 heteroatoms. The number of benzene rings is 3. The summed E-state index contributed by atoms with van der Waals surface area (Å²) in [6.07, 6.45) is 5.10. The largest absolute Gasteiger partial charge is 0.252 e. The molecule has 6 aromatic rings. The van der Waals surface area contributed by atoms with Gasteiger partial charge in [0.15, 0.2) is 0 Å². The predicted molar refractivity (Wildman–Crippen MR) is 117 cm³/mol. The second-order valence-electron chi connectivity index (χ2n) is 6.95. The van der Waals surface area contributed by atoms with Crippen LogP contribution in [0.3, 0.4) is 0 Å². The van der Waals surface area contributed by atoms with Crippen molar-refractivity contribution in [1.82, 2.24) is 30.1 Å². The molecule has 0 saturated heterocycles. The Morgan fingerprint density at radius 2 is 1.43 bits per heavy atom. The molecule has 0 bridgehead atoms. The maximum absolute atomic E-state index is 4.80. The first-order chi connectivity index (χ1) is 14.9. The van der Waals surface area contributed by atoms with Crippen molar-refractivity contribution in [3.05, 3.63) is 85.5 Å². The van der Waals surface area contributed by atoms with Crippen LogP contribution < -0.4 is 0 Å². The molecule has 0 spiro atoms. The molecule has 0 aliphatic carbocycles. The summed E-state index contributed by atoms with van der Waals surface area (Å²) in [6, 6.07) is 21.9. The van der Waals surface area contributed by atoms with E-state index >= 15 is 0 Å². The Bertz CT molecular complexity index is 1550. The van der Waals surface area contributed by atoms with Gasteiger partial charge < -0.3 is 0 Å². The van der Waals surface area contributed by atoms with Gasteiger partial charge in [-0.25, -0.2) is 15.0 Å². The minimum atomic E-state index is 0.696. The molecule has 140 valence electrons. The van der Waals surface area contributed by atoms with Gasteiger partial charge in [0, 0.05) is 21.7 Å². The van der Waals surface area contributed by atoms with Crippen LogP contribution in [0.4, 0.5) is 0 Å². The van der Waals surface area contributed by atoms with Gasteiger partial charge in [-0.2, -0.15) is 5.10 Å². The number of aromatic nitrogens is 6. The molecule has 0 radical (unpaired) electrons. The molecule has 0 aliphatic rings. The van der Waals surface area contributed by atoms with Gasteiger partial charge in [-0.1, -0.05) is 48.5 Å². The van der Waals surface area contributed by atoms with Gasteiger partial charge in [-0.3, -0.25) is 4.98 Å². The fourth-order valence-electron chi connectivity index (χ4n) is 3.80. The average molecular weight is 386 g/mol. The lowest BCUT2D eigenvalue weighted by atomic mass is 9.99. The Balaban J connectivity index is 1.69. The lowest BCUT2D eigenvalue weighted by molar-refractivity contribution is 1.06. The summed E-state index contributed by atoms with van der Waals surface area (Å²) in [6.45, 7) is 0. The van der Waals surface area contributed by atoms with Gasteiger partial charge in [0.25, 0.3) is 0 Å². The molecule has 0 N–H and O–H groups in total. The average Bonchev–Trinajstić information content (AvgIpc) is 2.82. The standard InChI is InChI=1S/C24H14N6/c1-2-7-16-15(6-1)12-28-30-23(16)17-8-5-11-20-22(17)24(27-14-26-20)21-13-25-18-9-3-4-10-19(18)29-21/h1-14H. The zero-order chi connectivity index (χ0) is 19.9. The third-order valence-corrected chi connectivity index (χ3v) is 5.18. The molecular formula is C24H14N6. The van der Waals surface area contributed by atoms with E-state index in [1.165, 1.54) is 0 Å². The fraction of sp³-hybridized carbons (Fsp3) is 0. The van der Waals surface area contributed by atoms with Gasteiger partial charge in [-0.05, 0) is 18.2 Å². The van der Waals surface area contributed by atoms with Gasteiger partial charge in [0.2, 0.25) is 0 Å². The minimum absolute atomic E-state index is 0.696. The third-order valence-electron chi connectivity index (χ3n) is 5.18. The van der Waals surface area contributed by atoms with Crippen molar-refractivity contribution in [1.29, 1.82) is 0 Å². The van der Waals surface area contributed by atoms with Gasteiger partial charge in [0.1, 0.15) is 23.4 Å². The molecule has 3 heterocycles. The van der Waals surface area contributed by atoms with E-state index in [4.69, 9.17) is 4.98 Å². The fourth-order valence-corrected chi connectivity index (χ4v) is 3.80. The first-order valence-electron chi connectivity index (χ1n) is 9.55. The number of fused-ring (bicyclic) bond motifs is 3. The van der Waals surface area contributed by atoms with Crippen LogP contribution in [0, 0.1) is 0 Å². The van der Waals surface area contributed by atoms with Gasteiger partial charge in [-0.15, -0.1) is 5.10 Å². The summed E-state index contributed by atoms with van der Waals surface area (Å²) in [5.41, 5.74) is 5.63. The van der Waals surface area contributed by atoms with Crippen LogP contribution in [-0.4, -0.2) is 30.1 Å². The third kappa shape index (κ3) is 2.58.